The van der Waals surface area contributed by atoms with Gasteiger partial charge in [0, 0.05) is 24.0 Å². The third kappa shape index (κ3) is 4.16. The predicted molar refractivity (Wildman–Crippen MR) is 109 cm³/mol. The fraction of sp³-hybridized carbons (Fsp3) is 0.429. The third-order valence-corrected chi connectivity index (χ3v) is 5.16. The minimum atomic E-state index is -0.356. The van der Waals surface area contributed by atoms with Crippen molar-refractivity contribution in [3.63, 3.8) is 0 Å². The number of aromatic hydroxyl groups is 1. The first kappa shape index (κ1) is 20.3. The highest BCUT2D eigenvalue weighted by Gasteiger charge is 2.33. The number of carbonyl (C=O) groups is 2. The van der Waals surface area contributed by atoms with E-state index in [-0.39, 0.29) is 17.6 Å². The maximum absolute atomic E-state index is 13.0. The SMILES string of the molecule is NCCCCN(CCCN)CCN1C(=O)c2cccc3cc(O)cc(c23)C1=O. The number of phenols is 1. The number of hydrogen-bond donors (Lipinski definition) is 3. The van der Waals surface area contributed by atoms with Crippen LogP contribution in [0.3, 0.4) is 0 Å². The van der Waals surface area contributed by atoms with Crippen LogP contribution >= 0.6 is 0 Å². The molecule has 3 rings (SSSR count). The summed E-state index contributed by atoms with van der Waals surface area (Å²) in [6.45, 7) is 3.83. The van der Waals surface area contributed by atoms with E-state index in [4.69, 9.17) is 11.5 Å². The lowest BCUT2D eigenvalue weighted by Gasteiger charge is -2.30. The fourth-order valence-electron chi connectivity index (χ4n) is 3.72. The quantitative estimate of drug-likeness (QED) is 0.423. The summed E-state index contributed by atoms with van der Waals surface area (Å²) in [5.74, 6) is -0.617. The highest BCUT2D eigenvalue weighted by Crippen LogP contribution is 2.33. The lowest BCUT2D eigenvalue weighted by molar-refractivity contribution is 0.0591. The Labute approximate surface area is 164 Å². The molecule has 7 heteroatoms. The maximum atomic E-state index is 13.0. The molecule has 0 atom stereocenters. The van der Waals surface area contributed by atoms with Crippen LogP contribution in [0.4, 0.5) is 0 Å². The Balaban J connectivity index is 1.79. The van der Waals surface area contributed by atoms with Crippen molar-refractivity contribution in [2.75, 3.05) is 39.3 Å². The first-order valence-electron chi connectivity index (χ1n) is 9.81. The molecule has 28 heavy (non-hydrogen) atoms. The number of carbonyl (C=O) groups excluding carboxylic acids is 2. The van der Waals surface area contributed by atoms with E-state index in [2.05, 4.69) is 4.90 Å². The van der Waals surface area contributed by atoms with E-state index in [1.165, 1.54) is 11.0 Å². The summed E-state index contributed by atoms with van der Waals surface area (Å²) in [4.78, 5) is 29.5. The molecule has 0 unspecified atom stereocenters. The van der Waals surface area contributed by atoms with Gasteiger partial charge in [-0.3, -0.25) is 14.5 Å². The Kier molecular flexibility index (Phi) is 6.61. The smallest absolute Gasteiger partial charge is 0.261 e. The van der Waals surface area contributed by atoms with Crippen molar-refractivity contribution in [1.29, 1.82) is 0 Å². The van der Waals surface area contributed by atoms with E-state index in [1.54, 1.807) is 24.3 Å². The van der Waals surface area contributed by atoms with Gasteiger partial charge in [-0.1, -0.05) is 12.1 Å². The molecule has 5 N–H and O–H groups in total. The molecule has 0 spiro atoms. The molecular formula is C21H28N4O3. The third-order valence-electron chi connectivity index (χ3n) is 5.16. The van der Waals surface area contributed by atoms with Crippen LogP contribution in [0.2, 0.25) is 0 Å². The number of hydrogen-bond acceptors (Lipinski definition) is 6. The van der Waals surface area contributed by atoms with Crippen LogP contribution in [0.15, 0.2) is 30.3 Å². The Morgan fingerprint density at radius 1 is 0.893 bits per heavy atom. The Bertz CT molecular complexity index is 868. The van der Waals surface area contributed by atoms with Gasteiger partial charge in [-0.15, -0.1) is 0 Å². The van der Waals surface area contributed by atoms with Gasteiger partial charge in [-0.05, 0) is 69.0 Å². The molecule has 0 aliphatic carbocycles. The molecule has 0 aromatic heterocycles. The Morgan fingerprint density at radius 3 is 2.36 bits per heavy atom. The zero-order valence-corrected chi connectivity index (χ0v) is 16.1. The molecule has 0 saturated carbocycles. The van der Waals surface area contributed by atoms with E-state index in [0.717, 1.165) is 32.4 Å². The van der Waals surface area contributed by atoms with Gasteiger partial charge in [0.05, 0.1) is 5.56 Å². The van der Waals surface area contributed by atoms with Gasteiger partial charge in [0.2, 0.25) is 0 Å². The standard InChI is InChI=1S/C21H28N4O3/c22-7-1-2-9-24(10-4-8-23)11-12-25-20(27)17-6-3-5-15-13-16(26)14-18(19(15)17)21(25)28/h3,5-6,13-14,26H,1-2,4,7-12,22-23H2. The summed E-state index contributed by atoms with van der Waals surface area (Å²) in [5.41, 5.74) is 12.1. The zero-order chi connectivity index (χ0) is 20.1. The predicted octanol–water partition coefficient (Wildman–Crippen LogP) is 1.53. The number of unbranched alkanes of at least 4 members (excludes halogenated alkanes) is 1. The number of nitrogens with two attached hydrogens (primary N) is 2. The van der Waals surface area contributed by atoms with Crippen LogP contribution in [-0.4, -0.2) is 66.0 Å². The average Bonchev–Trinajstić information content (AvgIpc) is 2.69. The molecule has 150 valence electrons. The molecule has 0 fully saturated rings. The van der Waals surface area contributed by atoms with Crippen LogP contribution < -0.4 is 11.5 Å². The average molecular weight is 384 g/mol. The van der Waals surface area contributed by atoms with Crippen LogP contribution in [0, 0.1) is 0 Å². The monoisotopic (exact) mass is 384 g/mol. The van der Waals surface area contributed by atoms with Gasteiger partial charge in [-0.25, -0.2) is 0 Å². The maximum Gasteiger partial charge on any atom is 0.261 e. The number of rotatable bonds is 10. The van der Waals surface area contributed by atoms with Crippen molar-refractivity contribution in [3.8, 4) is 5.75 Å². The van der Waals surface area contributed by atoms with E-state index in [9.17, 15) is 14.7 Å². The molecule has 2 amide bonds. The van der Waals surface area contributed by atoms with E-state index >= 15 is 0 Å². The summed E-state index contributed by atoms with van der Waals surface area (Å²) in [6.07, 6.45) is 2.77. The minimum absolute atomic E-state index is 0.0219. The van der Waals surface area contributed by atoms with Crippen LogP contribution in [0.1, 0.15) is 40.0 Å². The van der Waals surface area contributed by atoms with Gasteiger partial charge < -0.3 is 21.5 Å². The summed E-state index contributed by atoms with van der Waals surface area (Å²) in [6, 6.07) is 8.32. The van der Waals surface area contributed by atoms with Crippen molar-refractivity contribution < 1.29 is 14.7 Å². The normalized spacial score (nSPS) is 13.8. The largest absolute Gasteiger partial charge is 0.508 e. The molecule has 0 radical (unpaired) electrons. The number of phenolic OH excluding ortho intramolecular Hbond substituents is 1. The van der Waals surface area contributed by atoms with Gasteiger partial charge >= 0.3 is 0 Å². The molecule has 1 heterocycles. The zero-order valence-electron chi connectivity index (χ0n) is 16.1. The van der Waals surface area contributed by atoms with Crippen LogP contribution in [-0.2, 0) is 0 Å². The highest BCUT2D eigenvalue weighted by atomic mass is 16.3. The summed E-state index contributed by atoms with van der Waals surface area (Å²) in [5, 5.41) is 11.3. The highest BCUT2D eigenvalue weighted by molar-refractivity contribution is 6.25. The first-order valence-corrected chi connectivity index (χ1v) is 9.81. The second kappa shape index (κ2) is 9.14. The van der Waals surface area contributed by atoms with Crippen molar-refractivity contribution in [1.82, 2.24) is 9.80 Å². The van der Waals surface area contributed by atoms with Crippen molar-refractivity contribution in [2.24, 2.45) is 11.5 Å². The number of benzene rings is 2. The number of imide groups is 1. The Hall–Kier alpha value is -2.48. The molecule has 2 aromatic rings. The number of amides is 2. The van der Waals surface area contributed by atoms with Crippen molar-refractivity contribution in [2.45, 2.75) is 19.3 Å². The topological polar surface area (TPSA) is 113 Å². The molecule has 0 saturated heterocycles. The lowest BCUT2D eigenvalue weighted by atomic mass is 9.93. The molecule has 7 nitrogen and oxygen atoms in total. The Morgan fingerprint density at radius 2 is 1.61 bits per heavy atom. The van der Waals surface area contributed by atoms with Gasteiger partial charge in [0.25, 0.3) is 11.8 Å². The van der Waals surface area contributed by atoms with Crippen LogP contribution in [0.25, 0.3) is 10.8 Å². The number of nitrogens with zero attached hydrogens (tertiary/aromatic N) is 2. The molecular weight excluding hydrogens is 356 g/mol. The van der Waals surface area contributed by atoms with E-state index in [0.29, 0.717) is 48.1 Å². The van der Waals surface area contributed by atoms with E-state index in [1.807, 2.05) is 0 Å². The van der Waals surface area contributed by atoms with Gasteiger partial charge in [0.1, 0.15) is 5.75 Å². The van der Waals surface area contributed by atoms with Gasteiger partial charge in [0.15, 0.2) is 0 Å². The van der Waals surface area contributed by atoms with Gasteiger partial charge in [-0.2, -0.15) is 0 Å². The summed E-state index contributed by atoms with van der Waals surface area (Å²) >= 11 is 0. The molecule has 0 bridgehead atoms. The van der Waals surface area contributed by atoms with Crippen molar-refractivity contribution in [3.05, 3.63) is 41.5 Å². The molecule has 2 aromatic carbocycles. The first-order chi connectivity index (χ1) is 13.6. The second-order valence-corrected chi connectivity index (χ2v) is 7.14. The van der Waals surface area contributed by atoms with Crippen molar-refractivity contribution >= 4 is 22.6 Å². The van der Waals surface area contributed by atoms with Crippen LogP contribution in [0.5, 0.6) is 5.75 Å². The fourth-order valence-corrected chi connectivity index (χ4v) is 3.72. The summed E-state index contributed by atoms with van der Waals surface area (Å²) < 4.78 is 0. The minimum Gasteiger partial charge on any atom is -0.508 e. The molecule has 1 aliphatic heterocycles. The second-order valence-electron chi connectivity index (χ2n) is 7.14. The molecule has 1 aliphatic rings. The lowest BCUT2D eigenvalue weighted by Crippen LogP contribution is -2.45. The summed E-state index contributed by atoms with van der Waals surface area (Å²) in [7, 11) is 0. The van der Waals surface area contributed by atoms with E-state index < -0.39 is 0 Å².